The fraction of sp³-hybridized carbons (Fsp3) is 0.286. The first-order chi connectivity index (χ1) is 13.1. The Kier molecular flexibility index (Phi) is 4.18. The highest BCUT2D eigenvalue weighted by molar-refractivity contribution is 6.05. The number of hydrogen-bond donors (Lipinski definition) is 1. The highest BCUT2D eigenvalue weighted by Gasteiger charge is 2.64. The predicted molar refractivity (Wildman–Crippen MR) is 97.2 cm³/mol. The van der Waals surface area contributed by atoms with Crippen molar-refractivity contribution in [3.8, 4) is 0 Å². The Morgan fingerprint density at radius 1 is 1.11 bits per heavy atom. The lowest BCUT2D eigenvalue weighted by Gasteiger charge is -2.54. The van der Waals surface area contributed by atoms with Gasteiger partial charge in [-0.15, -0.1) is 0 Å². The van der Waals surface area contributed by atoms with E-state index in [1.165, 1.54) is 7.11 Å². The van der Waals surface area contributed by atoms with Crippen molar-refractivity contribution in [2.75, 3.05) is 7.11 Å². The van der Waals surface area contributed by atoms with E-state index in [0.29, 0.717) is 12.1 Å². The highest BCUT2D eigenvalue weighted by Crippen LogP contribution is 2.45. The van der Waals surface area contributed by atoms with Crippen LogP contribution in [0.3, 0.4) is 0 Å². The summed E-state index contributed by atoms with van der Waals surface area (Å²) in [6.45, 7) is 0.320. The number of carbonyl (C=O) groups is 3. The molecule has 3 fully saturated rings. The molecule has 3 aliphatic heterocycles. The zero-order valence-corrected chi connectivity index (χ0v) is 14.9. The molecule has 1 N–H and O–H groups in total. The van der Waals surface area contributed by atoms with Gasteiger partial charge < -0.3 is 15.0 Å². The molecule has 0 spiro atoms. The van der Waals surface area contributed by atoms with Crippen molar-refractivity contribution in [2.45, 2.75) is 24.5 Å². The Balaban J connectivity index is 1.81. The number of hydrogen-bond acceptors (Lipinski definition) is 4. The van der Waals surface area contributed by atoms with Crippen LogP contribution in [0.4, 0.5) is 0 Å². The number of benzene rings is 2. The third-order valence-electron chi connectivity index (χ3n) is 5.49. The van der Waals surface area contributed by atoms with Gasteiger partial charge in [0.1, 0.15) is 6.04 Å². The maximum absolute atomic E-state index is 13.6. The van der Waals surface area contributed by atoms with Crippen LogP contribution < -0.4 is 5.32 Å². The third kappa shape index (κ3) is 2.60. The minimum Gasteiger partial charge on any atom is -0.469 e. The van der Waals surface area contributed by atoms with Crippen LogP contribution in [0.5, 0.6) is 0 Å². The molecule has 27 heavy (non-hydrogen) atoms. The minimum absolute atomic E-state index is 0.241. The summed E-state index contributed by atoms with van der Waals surface area (Å²) in [4.78, 5) is 40.5. The number of ether oxygens (including phenoxy) is 1. The van der Waals surface area contributed by atoms with E-state index in [2.05, 4.69) is 5.32 Å². The minimum atomic E-state index is -1.44. The second-order valence-electron chi connectivity index (χ2n) is 6.91. The molecule has 2 bridgehead atoms. The second-order valence-corrected chi connectivity index (χ2v) is 6.91. The van der Waals surface area contributed by atoms with Gasteiger partial charge >= 0.3 is 5.97 Å². The number of carbonyl (C=O) groups excluding carboxylic acids is 3. The number of nitrogens with one attached hydrogen (secondary N) is 1. The number of nitrogens with zero attached hydrogens (tertiary/aromatic N) is 1. The summed E-state index contributed by atoms with van der Waals surface area (Å²) in [5.74, 6) is -1.76. The number of methoxy groups -OCH3 is 1. The molecule has 2 aromatic carbocycles. The van der Waals surface area contributed by atoms with Gasteiger partial charge in [0, 0.05) is 6.54 Å². The number of piperazine rings is 1. The zero-order valence-electron chi connectivity index (χ0n) is 14.9. The van der Waals surface area contributed by atoms with Crippen molar-refractivity contribution < 1.29 is 19.1 Å². The number of fused-ring (bicyclic) bond motifs is 3. The quantitative estimate of drug-likeness (QED) is 0.837. The van der Waals surface area contributed by atoms with Gasteiger partial charge in [-0.3, -0.25) is 14.4 Å². The molecule has 0 aromatic heterocycles. The van der Waals surface area contributed by atoms with Crippen LogP contribution in [0.1, 0.15) is 17.5 Å². The largest absolute Gasteiger partial charge is 0.469 e. The Bertz CT molecular complexity index is 884. The Morgan fingerprint density at radius 3 is 2.37 bits per heavy atom. The van der Waals surface area contributed by atoms with Crippen LogP contribution in [0.15, 0.2) is 60.7 Å². The third-order valence-corrected chi connectivity index (χ3v) is 5.49. The molecule has 3 heterocycles. The SMILES string of the molecule is COC(=O)[C@@H]1C[C@@H]2C(=O)N[C@@]1(c1ccccc1)C(=O)N2Cc1ccccc1. The zero-order chi connectivity index (χ0) is 19.0. The van der Waals surface area contributed by atoms with E-state index in [-0.39, 0.29) is 18.2 Å². The van der Waals surface area contributed by atoms with E-state index in [0.717, 1.165) is 5.56 Å². The van der Waals surface area contributed by atoms with Crippen LogP contribution in [0.2, 0.25) is 0 Å². The first-order valence-electron chi connectivity index (χ1n) is 8.88. The van der Waals surface area contributed by atoms with Gasteiger partial charge in [-0.05, 0) is 17.5 Å². The fourth-order valence-electron chi connectivity index (χ4n) is 4.19. The van der Waals surface area contributed by atoms with Crippen molar-refractivity contribution in [3.05, 3.63) is 71.8 Å². The first-order valence-corrected chi connectivity index (χ1v) is 8.88. The van der Waals surface area contributed by atoms with E-state index in [4.69, 9.17) is 4.74 Å². The molecule has 0 saturated carbocycles. The monoisotopic (exact) mass is 364 g/mol. The Labute approximate surface area is 157 Å². The van der Waals surface area contributed by atoms with Crippen LogP contribution in [-0.2, 0) is 31.2 Å². The van der Waals surface area contributed by atoms with Gasteiger partial charge in [-0.25, -0.2) is 0 Å². The maximum atomic E-state index is 13.6. The smallest absolute Gasteiger partial charge is 0.312 e. The molecular weight excluding hydrogens is 344 g/mol. The second kappa shape index (κ2) is 6.54. The lowest BCUT2D eigenvalue weighted by Crippen LogP contribution is -2.76. The molecule has 0 radical (unpaired) electrons. The molecule has 3 saturated heterocycles. The maximum Gasteiger partial charge on any atom is 0.312 e. The molecule has 138 valence electrons. The standard InChI is InChI=1S/C21H20N2O4/c1-27-19(25)16-12-17-18(24)22-21(16,15-10-6-3-7-11-15)20(26)23(17)13-14-8-4-2-5-9-14/h2-11,16-17H,12-13H2,1H3,(H,22,24)/t16-,17+,21+/m0/s1. The molecule has 3 aliphatic rings. The van der Waals surface area contributed by atoms with Crippen LogP contribution in [-0.4, -0.2) is 35.8 Å². The van der Waals surface area contributed by atoms with Gasteiger partial charge in [0.2, 0.25) is 5.91 Å². The summed E-state index contributed by atoms with van der Waals surface area (Å²) in [5.41, 5.74) is 0.0913. The molecule has 0 aliphatic carbocycles. The lowest BCUT2D eigenvalue weighted by atomic mass is 9.67. The van der Waals surface area contributed by atoms with Crippen molar-refractivity contribution in [2.24, 2.45) is 5.92 Å². The fourth-order valence-corrected chi connectivity index (χ4v) is 4.19. The van der Waals surface area contributed by atoms with E-state index in [9.17, 15) is 14.4 Å². The molecule has 0 unspecified atom stereocenters. The summed E-state index contributed by atoms with van der Waals surface area (Å²) >= 11 is 0. The molecule has 3 atom stereocenters. The molecule has 2 amide bonds. The molecule has 6 heteroatoms. The molecule has 6 nitrogen and oxygen atoms in total. The topological polar surface area (TPSA) is 75.7 Å². The normalized spacial score (nSPS) is 26.6. The number of amides is 2. The average molecular weight is 364 g/mol. The summed E-state index contributed by atoms with van der Waals surface area (Å²) in [7, 11) is 1.30. The Hall–Kier alpha value is -3.15. The van der Waals surface area contributed by atoms with E-state index in [1.54, 1.807) is 29.2 Å². The van der Waals surface area contributed by atoms with E-state index >= 15 is 0 Å². The predicted octanol–water partition coefficient (Wildman–Crippen LogP) is 1.60. The summed E-state index contributed by atoms with van der Waals surface area (Å²) in [6.07, 6.45) is 0.242. The first kappa shape index (κ1) is 17.3. The van der Waals surface area contributed by atoms with Crippen molar-refractivity contribution in [1.82, 2.24) is 10.2 Å². The van der Waals surface area contributed by atoms with Crippen molar-refractivity contribution >= 4 is 17.8 Å². The van der Waals surface area contributed by atoms with Crippen LogP contribution >= 0.6 is 0 Å². The average Bonchev–Trinajstić information content (AvgIpc) is 2.71. The summed E-state index contributed by atoms with van der Waals surface area (Å²) in [5, 5.41) is 2.85. The number of piperidine rings is 2. The number of esters is 1. The van der Waals surface area contributed by atoms with Crippen molar-refractivity contribution in [3.63, 3.8) is 0 Å². The summed E-state index contributed by atoms with van der Waals surface area (Å²) in [6, 6.07) is 17.8. The molecule has 5 rings (SSSR count). The van der Waals surface area contributed by atoms with Crippen LogP contribution in [0.25, 0.3) is 0 Å². The van der Waals surface area contributed by atoms with Gasteiger partial charge in [0.15, 0.2) is 5.54 Å². The molecular formula is C21H20N2O4. The van der Waals surface area contributed by atoms with Gasteiger partial charge in [0.05, 0.1) is 13.0 Å². The highest BCUT2D eigenvalue weighted by atomic mass is 16.5. The Morgan fingerprint density at radius 2 is 1.74 bits per heavy atom. The van der Waals surface area contributed by atoms with Gasteiger partial charge in [-0.1, -0.05) is 60.7 Å². The van der Waals surface area contributed by atoms with Gasteiger partial charge in [0.25, 0.3) is 5.91 Å². The van der Waals surface area contributed by atoms with E-state index < -0.39 is 23.5 Å². The molecule has 2 aromatic rings. The summed E-state index contributed by atoms with van der Waals surface area (Å²) < 4.78 is 4.96. The van der Waals surface area contributed by atoms with Gasteiger partial charge in [-0.2, -0.15) is 0 Å². The number of rotatable bonds is 4. The lowest BCUT2D eigenvalue weighted by molar-refractivity contribution is -0.177. The van der Waals surface area contributed by atoms with Crippen molar-refractivity contribution in [1.29, 1.82) is 0 Å². The van der Waals surface area contributed by atoms with Crippen LogP contribution in [0, 0.1) is 5.92 Å². The van der Waals surface area contributed by atoms with E-state index in [1.807, 2.05) is 36.4 Å².